The summed E-state index contributed by atoms with van der Waals surface area (Å²) >= 11 is 6.15. The summed E-state index contributed by atoms with van der Waals surface area (Å²) in [7, 11) is 0. The lowest BCUT2D eigenvalue weighted by atomic mass is 10.1. The Hall–Kier alpha value is -2.33. The molecule has 0 saturated carbocycles. The van der Waals surface area contributed by atoms with Gasteiger partial charge in [0.05, 0.1) is 6.42 Å². The molecule has 3 aromatic rings. The number of aryl methyl sites for hydroxylation is 2. The monoisotopic (exact) mass is 328 g/mol. The Balaban J connectivity index is 1.63. The zero-order valence-corrected chi connectivity index (χ0v) is 13.8. The maximum Gasteiger partial charge on any atom is 0.253 e. The number of ether oxygens (including phenoxy) is 1. The number of hydrogen-bond acceptors (Lipinski definition) is 4. The first-order valence-corrected chi connectivity index (χ1v) is 7.74. The highest BCUT2D eigenvalue weighted by Gasteiger charge is 2.09. The second-order valence-electron chi connectivity index (χ2n) is 5.41. The first-order valence-electron chi connectivity index (χ1n) is 7.36. The third-order valence-electron chi connectivity index (χ3n) is 3.48. The Labute approximate surface area is 140 Å². The molecule has 0 fully saturated rings. The summed E-state index contributed by atoms with van der Waals surface area (Å²) in [5.74, 6) is 1.78. The van der Waals surface area contributed by atoms with Crippen molar-refractivity contribution in [2.45, 2.75) is 26.9 Å². The van der Waals surface area contributed by atoms with Crippen molar-refractivity contribution in [1.29, 1.82) is 0 Å². The fraction of sp³-hybridized carbons (Fsp3) is 0.222. The lowest BCUT2D eigenvalue weighted by molar-refractivity contribution is 0.259. The molecule has 0 unspecified atom stereocenters. The smallest absolute Gasteiger partial charge is 0.253 e. The first kappa shape index (κ1) is 15.6. The van der Waals surface area contributed by atoms with Crippen LogP contribution in [0, 0.1) is 13.8 Å². The Bertz CT molecular complexity index is 777. The van der Waals surface area contributed by atoms with E-state index in [2.05, 4.69) is 10.2 Å². The predicted molar refractivity (Wildman–Crippen MR) is 88.8 cm³/mol. The van der Waals surface area contributed by atoms with Crippen LogP contribution in [0.2, 0.25) is 5.02 Å². The molecule has 0 saturated heterocycles. The van der Waals surface area contributed by atoms with Crippen molar-refractivity contribution in [3.05, 3.63) is 76.0 Å². The highest BCUT2D eigenvalue weighted by atomic mass is 35.5. The third kappa shape index (κ3) is 3.90. The van der Waals surface area contributed by atoms with E-state index in [1.54, 1.807) is 0 Å². The van der Waals surface area contributed by atoms with Crippen LogP contribution in [0.3, 0.4) is 0 Å². The van der Waals surface area contributed by atoms with Crippen molar-refractivity contribution in [1.82, 2.24) is 10.2 Å². The van der Waals surface area contributed by atoms with Crippen LogP contribution in [0.5, 0.6) is 5.75 Å². The molecule has 0 aliphatic heterocycles. The van der Waals surface area contributed by atoms with E-state index in [0.29, 0.717) is 18.2 Å². The number of benzene rings is 2. The van der Waals surface area contributed by atoms with Gasteiger partial charge in [-0.3, -0.25) is 0 Å². The molecule has 1 aromatic heterocycles. The van der Waals surface area contributed by atoms with Crippen LogP contribution >= 0.6 is 11.6 Å². The standard InChI is InChI=1S/C18H17ClN2O2/c1-12-8-15(9-13(2)18(12)19)22-11-17-21-20-16(23-17)10-14-6-4-3-5-7-14/h3-9H,10-11H2,1-2H3. The fourth-order valence-corrected chi connectivity index (χ4v) is 2.43. The molecule has 0 amide bonds. The molecule has 0 aliphatic carbocycles. The van der Waals surface area contributed by atoms with Gasteiger partial charge in [-0.15, -0.1) is 10.2 Å². The summed E-state index contributed by atoms with van der Waals surface area (Å²) in [5.41, 5.74) is 3.10. The van der Waals surface area contributed by atoms with E-state index >= 15 is 0 Å². The maximum absolute atomic E-state index is 6.15. The summed E-state index contributed by atoms with van der Waals surface area (Å²) in [6.45, 7) is 4.14. The SMILES string of the molecule is Cc1cc(OCc2nnc(Cc3ccccc3)o2)cc(C)c1Cl. The average molecular weight is 329 g/mol. The predicted octanol–water partition coefficient (Wildman–Crippen LogP) is 4.51. The number of aromatic nitrogens is 2. The Kier molecular flexibility index (Phi) is 4.63. The molecule has 23 heavy (non-hydrogen) atoms. The average Bonchev–Trinajstić information content (AvgIpc) is 2.99. The van der Waals surface area contributed by atoms with Crippen LogP contribution in [-0.4, -0.2) is 10.2 Å². The zero-order valence-electron chi connectivity index (χ0n) is 13.0. The molecule has 1 heterocycles. The van der Waals surface area contributed by atoms with Crippen molar-refractivity contribution in [3.63, 3.8) is 0 Å². The topological polar surface area (TPSA) is 48.2 Å². The van der Waals surface area contributed by atoms with Crippen LogP contribution in [0.25, 0.3) is 0 Å². The molecule has 5 heteroatoms. The molecule has 0 atom stereocenters. The van der Waals surface area contributed by atoms with Crippen molar-refractivity contribution < 1.29 is 9.15 Å². The van der Waals surface area contributed by atoms with Gasteiger partial charge < -0.3 is 9.15 Å². The summed E-state index contributed by atoms with van der Waals surface area (Å²) < 4.78 is 11.3. The lowest BCUT2D eigenvalue weighted by Gasteiger charge is -2.08. The van der Waals surface area contributed by atoms with Crippen LogP contribution < -0.4 is 4.74 Å². The Morgan fingerprint density at radius 2 is 1.65 bits per heavy atom. The van der Waals surface area contributed by atoms with Gasteiger partial charge in [-0.1, -0.05) is 41.9 Å². The number of rotatable bonds is 5. The summed E-state index contributed by atoms with van der Waals surface area (Å²) in [6.07, 6.45) is 0.618. The fourth-order valence-electron chi connectivity index (χ4n) is 2.32. The second-order valence-corrected chi connectivity index (χ2v) is 5.79. The van der Waals surface area contributed by atoms with Crippen molar-refractivity contribution in [2.24, 2.45) is 0 Å². The highest BCUT2D eigenvalue weighted by Crippen LogP contribution is 2.26. The van der Waals surface area contributed by atoms with Gasteiger partial charge in [-0.05, 0) is 42.7 Å². The van der Waals surface area contributed by atoms with Gasteiger partial charge >= 0.3 is 0 Å². The van der Waals surface area contributed by atoms with E-state index in [1.807, 2.05) is 56.3 Å². The molecule has 0 radical (unpaired) electrons. The van der Waals surface area contributed by atoms with Crippen LogP contribution in [0.15, 0.2) is 46.9 Å². The van der Waals surface area contributed by atoms with E-state index in [9.17, 15) is 0 Å². The van der Waals surface area contributed by atoms with Crippen molar-refractivity contribution in [2.75, 3.05) is 0 Å². The molecule has 0 spiro atoms. The molecule has 4 nitrogen and oxygen atoms in total. The van der Waals surface area contributed by atoms with Gasteiger partial charge in [0.1, 0.15) is 5.75 Å². The first-order chi connectivity index (χ1) is 11.1. The van der Waals surface area contributed by atoms with Gasteiger partial charge in [0.25, 0.3) is 5.89 Å². The van der Waals surface area contributed by atoms with Gasteiger partial charge in [0.15, 0.2) is 6.61 Å². The summed E-state index contributed by atoms with van der Waals surface area (Å²) in [4.78, 5) is 0. The molecule has 0 aliphatic rings. The molecule has 3 rings (SSSR count). The minimum absolute atomic E-state index is 0.238. The number of halogens is 1. The minimum Gasteiger partial charge on any atom is -0.484 e. The van der Waals surface area contributed by atoms with Crippen LogP contribution in [-0.2, 0) is 13.0 Å². The van der Waals surface area contributed by atoms with Gasteiger partial charge in [-0.2, -0.15) is 0 Å². The van der Waals surface area contributed by atoms with E-state index in [0.717, 1.165) is 27.5 Å². The van der Waals surface area contributed by atoms with Gasteiger partial charge in [-0.25, -0.2) is 0 Å². The summed E-state index contributed by atoms with van der Waals surface area (Å²) in [6, 6.07) is 13.8. The van der Waals surface area contributed by atoms with Crippen LogP contribution in [0.1, 0.15) is 28.5 Å². The van der Waals surface area contributed by atoms with E-state index in [1.165, 1.54) is 0 Å². The van der Waals surface area contributed by atoms with Crippen LogP contribution in [0.4, 0.5) is 0 Å². The van der Waals surface area contributed by atoms with Crippen molar-refractivity contribution in [3.8, 4) is 5.75 Å². The maximum atomic E-state index is 6.15. The molecule has 2 aromatic carbocycles. The van der Waals surface area contributed by atoms with E-state index in [-0.39, 0.29) is 6.61 Å². The lowest BCUT2D eigenvalue weighted by Crippen LogP contribution is -1.97. The molecule has 118 valence electrons. The molecule has 0 N–H and O–H groups in total. The van der Waals surface area contributed by atoms with Crippen molar-refractivity contribution >= 4 is 11.6 Å². The summed E-state index contributed by atoms with van der Waals surface area (Å²) in [5, 5.41) is 8.84. The molecule has 0 bridgehead atoms. The van der Waals surface area contributed by atoms with E-state index < -0.39 is 0 Å². The quantitative estimate of drug-likeness (QED) is 0.691. The van der Waals surface area contributed by atoms with Gasteiger partial charge in [0.2, 0.25) is 5.89 Å². The van der Waals surface area contributed by atoms with E-state index in [4.69, 9.17) is 20.8 Å². The molecular weight excluding hydrogens is 312 g/mol. The number of hydrogen-bond donors (Lipinski definition) is 0. The Morgan fingerprint density at radius 3 is 2.35 bits per heavy atom. The zero-order chi connectivity index (χ0) is 16.2. The largest absolute Gasteiger partial charge is 0.484 e. The highest BCUT2D eigenvalue weighted by molar-refractivity contribution is 6.32. The normalized spacial score (nSPS) is 10.7. The minimum atomic E-state index is 0.238. The number of nitrogens with zero attached hydrogens (tertiary/aromatic N) is 2. The third-order valence-corrected chi connectivity index (χ3v) is 4.08. The van der Waals surface area contributed by atoms with Gasteiger partial charge in [0, 0.05) is 5.02 Å². The molecular formula is C18H17ClN2O2. The Morgan fingerprint density at radius 1 is 1.00 bits per heavy atom. The second kappa shape index (κ2) is 6.84.